The van der Waals surface area contributed by atoms with E-state index in [1.54, 1.807) is 12.3 Å². The molecule has 0 radical (unpaired) electrons. The molecule has 0 amide bonds. The fourth-order valence-corrected chi connectivity index (χ4v) is 0.830. The Bertz CT molecular complexity index is 324. The second kappa shape index (κ2) is 3.20. The molecular weight excluding hydrogens is 152 g/mol. The minimum absolute atomic E-state index is 0.120. The number of rotatable bonds is 1. The van der Waals surface area contributed by atoms with E-state index in [1.807, 2.05) is 13.0 Å². The van der Waals surface area contributed by atoms with E-state index in [2.05, 4.69) is 4.98 Å². The van der Waals surface area contributed by atoms with Gasteiger partial charge in [0, 0.05) is 12.2 Å². The van der Waals surface area contributed by atoms with Gasteiger partial charge in [-0.15, -0.1) is 0 Å². The van der Waals surface area contributed by atoms with Gasteiger partial charge in [0.25, 0.3) is 0 Å². The van der Waals surface area contributed by atoms with E-state index >= 15 is 0 Å². The molecule has 12 heavy (non-hydrogen) atoms. The Kier molecular flexibility index (Phi) is 2.26. The Labute approximate surface area is 70.8 Å². The first-order chi connectivity index (χ1) is 5.65. The average Bonchev–Trinajstić information content (AvgIpc) is 2.05. The lowest BCUT2D eigenvalue weighted by Crippen LogP contribution is -2.07. The minimum atomic E-state index is -0.120. The predicted molar refractivity (Wildman–Crippen MR) is 46.0 cm³/mol. The first kappa shape index (κ1) is 8.50. The molecule has 0 unspecified atom stereocenters. The van der Waals surface area contributed by atoms with Gasteiger partial charge in [-0.05, 0) is 18.6 Å². The average molecular weight is 162 g/mol. The van der Waals surface area contributed by atoms with Crippen molar-refractivity contribution >= 4 is 5.82 Å². The number of hydrogen-bond donors (Lipinski definition) is 2. The van der Waals surface area contributed by atoms with Crippen molar-refractivity contribution in [3.05, 3.63) is 23.4 Å². The lowest BCUT2D eigenvalue weighted by atomic mass is 10.1. The fourth-order valence-electron chi connectivity index (χ4n) is 0.830. The Morgan fingerprint density at radius 3 is 2.83 bits per heavy atom. The normalized spacial score (nSPS) is 12.1. The van der Waals surface area contributed by atoms with Crippen LogP contribution >= 0.6 is 0 Å². The van der Waals surface area contributed by atoms with E-state index in [1.165, 1.54) is 0 Å². The molecular formula is C8H10N4. The van der Waals surface area contributed by atoms with Crippen LogP contribution in [0, 0.1) is 11.3 Å². The largest absolute Gasteiger partial charge is 0.383 e. The molecule has 62 valence electrons. The molecule has 0 saturated heterocycles. The maximum Gasteiger partial charge on any atom is 0.141 e. The predicted octanol–water partition coefficient (Wildman–Crippen LogP) is 0.555. The van der Waals surface area contributed by atoms with Crippen molar-refractivity contribution in [1.82, 2.24) is 4.98 Å². The molecule has 1 atom stereocenters. The van der Waals surface area contributed by atoms with Gasteiger partial charge in [0.15, 0.2) is 0 Å². The number of nitrogens with zero attached hydrogens (tertiary/aromatic N) is 2. The van der Waals surface area contributed by atoms with Crippen LogP contribution in [-0.2, 0) is 0 Å². The topological polar surface area (TPSA) is 88.7 Å². The second-order valence-electron chi connectivity index (χ2n) is 2.60. The maximum absolute atomic E-state index is 8.61. The summed E-state index contributed by atoms with van der Waals surface area (Å²) in [6.07, 6.45) is 1.58. The summed E-state index contributed by atoms with van der Waals surface area (Å²) >= 11 is 0. The monoisotopic (exact) mass is 162 g/mol. The van der Waals surface area contributed by atoms with E-state index in [0.717, 1.165) is 5.56 Å². The zero-order valence-electron chi connectivity index (χ0n) is 6.78. The molecule has 4 heteroatoms. The van der Waals surface area contributed by atoms with Gasteiger partial charge >= 0.3 is 0 Å². The summed E-state index contributed by atoms with van der Waals surface area (Å²) in [6.45, 7) is 1.83. The van der Waals surface area contributed by atoms with Crippen LogP contribution in [-0.4, -0.2) is 4.98 Å². The summed E-state index contributed by atoms with van der Waals surface area (Å²) in [5, 5.41) is 8.61. The van der Waals surface area contributed by atoms with Gasteiger partial charge in [-0.3, -0.25) is 0 Å². The lowest BCUT2D eigenvalue weighted by molar-refractivity contribution is 0.811. The van der Waals surface area contributed by atoms with Crippen LogP contribution in [0.3, 0.4) is 0 Å². The number of hydrogen-bond acceptors (Lipinski definition) is 4. The van der Waals surface area contributed by atoms with Gasteiger partial charge in [0.1, 0.15) is 11.9 Å². The van der Waals surface area contributed by atoms with Crippen molar-refractivity contribution in [2.45, 2.75) is 13.0 Å². The van der Waals surface area contributed by atoms with Gasteiger partial charge in [-0.2, -0.15) is 5.26 Å². The zero-order valence-corrected chi connectivity index (χ0v) is 6.78. The third kappa shape index (κ3) is 1.52. The molecule has 1 aromatic heterocycles. The molecule has 1 aromatic rings. The van der Waals surface area contributed by atoms with Crippen LogP contribution in [0.25, 0.3) is 0 Å². The van der Waals surface area contributed by atoms with Crippen LogP contribution < -0.4 is 11.5 Å². The molecule has 1 heterocycles. The van der Waals surface area contributed by atoms with E-state index in [4.69, 9.17) is 16.7 Å². The molecule has 0 fully saturated rings. The van der Waals surface area contributed by atoms with Crippen molar-refractivity contribution in [2.24, 2.45) is 5.73 Å². The van der Waals surface area contributed by atoms with E-state index < -0.39 is 0 Å². The molecule has 0 aliphatic carbocycles. The maximum atomic E-state index is 8.61. The number of anilines is 1. The highest BCUT2D eigenvalue weighted by atomic mass is 14.8. The molecule has 0 aliphatic heterocycles. The van der Waals surface area contributed by atoms with Gasteiger partial charge in [0.2, 0.25) is 0 Å². The number of nitrogen functional groups attached to an aromatic ring is 1. The SMILES string of the molecule is C[C@@H](N)c1cnc(N)c(C#N)c1. The smallest absolute Gasteiger partial charge is 0.141 e. The summed E-state index contributed by atoms with van der Waals surface area (Å²) in [6, 6.07) is 3.49. The highest BCUT2D eigenvalue weighted by Crippen LogP contribution is 2.13. The van der Waals surface area contributed by atoms with E-state index in [9.17, 15) is 0 Å². The number of pyridine rings is 1. The third-order valence-corrected chi connectivity index (χ3v) is 1.59. The van der Waals surface area contributed by atoms with Gasteiger partial charge < -0.3 is 11.5 Å². The first-order valence-electron chi connectivity index (χ1n) is 3.56. The van der Waals surface area contributed by atoms with Crippen LogP contribution in [0.2, 0.25) is 0 Å². The highest BCUT2D eigenvalue weighted by Gasteiger charge is 2.04. The molecule has 4 nitrogen and oxygen atoms in total. The Balaban J connectivity index is 3.16. The van der Waals surface area contributed by atoms with Crippen molar-refractivity contribution in [3.63, 3.8) is 0 Å². The van der Waals surface area contributed by atoms with E-state index in [-0.39, 0.29) is 11.9 Å². The third-order valence-electron chi connectivity index (χ3n) is 1.59. The summed E-state index contributed by atoms with van der Waals surface area (Å²) in [5.74, 6) is 0.252. The zero-order chi connectivity index (χ0) is 9.14. The number of nitrogens with two attached hydrogens (primary N) is 2. The van der Waals surface area contributed by atoms with Crippen molar-refractivity contribution in [3.8, 4) is 6.07 Å². The molecule has 4 N–H and O–H groups in total. The highest BCUT2D eigenvalue weighted by molar-refractivity contribution is 5.49. The van der Waals surface area contributed by atoms with Gasteiger partial charge in [0.05, 0.1) is 5.56 Å². The van der Waals surface area contributed by atoms with Crippen LogP contribution in [0.5, 0.6) is 0 Å². The molecule has 0 saturated carbocycles. The van der Waals surface area contributed by atoms with Gasteiger partial charge in [-0.1, -0.05) is 0 Å². The van der Waals surface area contributed by atoms with Crippen LogP contribution in [0.15, 0.2) is 12.3 Å². The summed E-state index contributed by atoms with van der Waals surface area (Å²) in [5.41, 5.74) is 12.2. The molecule has 0 bridgehead atoms. The minimum Gasteiger partial charge on any atom is -0.383 e. The molecule has 1 rings (SSSR count). The molecule has 0 spiro atoms. The van der Waals surface area contributed by atoms with Crippen molar-refractivity contribution in [2.75, 3.05) is 5.73 Å². The lowest BCUT2D eigenvalue weighted by Gasteiger charge is -2.05. The van der Waals surface area contributed by atoms with Crippen molar-refractivity contribution in [1.29, 1.82) is 5.26 Å². The van der Waals surface area contributed by atoms with Crippen molar-refractivity contribution < 1.29 is 0 Å². The Hall–Kier alpha value is -1.60. The number of aromatic nitrogens is 1. The first-order valence-corrected chi connectivity index (χ1v) is 3.56. The Morgan fingerprint density at radius 1 is 1.67 bits per heavy atom. The Morgan fingerprint density at radius 2 is 2.33 bits per heavy atom. The van der Waals surface area contributed by atoms with Crippen LogP contribution in [0.4, 0.5) is 5.82 Å². The molecule has 0 aliphatic rings. The molecule has 0 aromatic carbocycles. The quantitative estimate of drug-likeness (QED) is 0.631. The van der Waals surface area contributed by atoms with Crippen LogP contribution in [0.1, 0.15) is 24.1 Å². The summed E-state index contributed by atoms with van der Waals surface area (Å²) < 4.78 is 0. The fraction of sp³-hybridized carbons (Fsp3) is 0.250. The second-order valence-corrected chi connectivity index (χ2v) is 2.60. The van der Waals surface area contributed by atoms with E-state index in [0.29, 0.717) is 5.56 Å². The summed E-state index contributed by atoms with van der Waals surface area (Å²) in [7, 11) is 0. The standard InChI is InChI=1S/C8H10N4/c1-5(10)7-2-6(3-9)8(11)12-4-7/h2,4-5H,10H2,1H3,(H2,11,12)/t5-/m1/s1. The summed E-state index contributed by atoms with van der Waals surface area (Å²) in [4.78, 5) is 3.85. The number of nitriles is 1. The van der Waals surface area contributed by atoms with Gasteiger partial charge in [-0.25, -0.2) is 4.98 Å².